The van der Waals surface area contributed by atoms with Gasteiger partial charge in [0.15, 0.2) is 0 Å². The zero-order chi connectivity index (χ0) is 21.8. The molecule has 0 saturated carbocycles. The quantitative estimate of drug-likeness (QED) is 0.548. The van der Waals surface area contributed by atoms with Crippen LogP contribution in [0.3, 0.4) is 0 Å². The standard InChI is InChI=1S/C21H23F2N5O2/c1-12-7-3-4-8-14(12)16(27-21(24)30)11-18(29)25-13(2)19-26-15-9-5-6-10-17(15)28(19)20(22)23/h3-10,13,16,20H,11H2,1-2H3,(H,25,29)(H3,24,27,30)/t13-,16+/m0/s1. The summed E-state index contributed by atoms with van der Waals surface area (Å²) in [6, 6.07) is 11.7. The van der Waals surface area contributed by atoms with Crippen LogP contribution in [0.15, 0.2) is 48.5 Å². The van der Waals surface area contributed by atoms with E-state index in [4.69, 9.17) is 5.73 Å². The van der Waals surface area contributed by atoms with Crippen molar-refractivity contribution >= 4 is 23.0 Å². The highest BCUT2D eigenvalue weighted by atomic mass is 19.3. The molecule has 2 atom stereocenters. The topological polar surface area (TPSA) is 102 Å². The van der Waals surface area contributed by atoms with Crippen LogP contribution >= 0.6 is 0 Å². The van der Waals surface area contributed by atoms with Gasteiger partial charge in [0.2, 0.25) is 5.91 Å². The van der Waals surface area contributed by atoms with Gasteiger partial charge in [-0.25, -0.2) is 9.78 Å². The average molecular weight is 415 g/mol. The highest BCUT2D eigenvalue weighted by molar-refractivity contribution is 5.80. The van der Waals surface area contributed by atoms with Gasteiger partial charge >= 0.3 is 12.6 Å². The molecule has 2 aromatic carbocycles. The Balaban J connectivity index is 1.81. The molecule has 0 spiro atoms. The predicted octanol–water partition coefficient (Wildman–Crippen LogP) is 3.72. The number of fused-ring (bicyclic) bond motifs is 1. The smallest absolute Gasteiger partial charge is 0.320 e. The molecule has 0 saturated heterocycles. The summed E-state index contributed by atoms with van der Waals surface area (Å²) in [5, 5.41) is 5.27. The minimum Gasteiger partial charge on any atom is -0.352 e. The lowest BCUT2D eigenvalue weighted by Gasteiger charge is -2.21. The van der Waals surface area contributed by atoms with Gasteiger partial charge in [0.25, 0.3) is 0 Å². The second-order valence-corrected chi connectivity index (χ2v) is 7.02. The molecule has 3 aromatic rings. The number of alkyl halides is 2. The maximum atomic E-state index is 13.7. The molecule has 0 bridgehead atoms. The second kappa shape index (κ2) is 8.89. The number of hydrogen-bond acceptors (Lipinski definition) is 3. The number of amides is 3. The molecule has 0 fully saturated rings. The Kier molecular flexibility index (Phi) is 6.29. The van der Waals surface area contributed by atoms with E-state index < -0.39 is 30.6 Å². The van der Waals surface area contributed by atoms with Crippen molar-refractivity contribution < 1.29 is 18.4 Å². The lowest BCUT2D eigenvalue weighted by atomic mass is 9.98. The number of nitrogens with zero attached hydrogens (tertiary/aromatic N) is 2. The predicted molar refractivity (Wildman–Crippen MR) is 109 cm³/mol. The van der Waals surface area contributed by atoms with E-state index in [2.05, 4.69) is 15.6 Å². The molecule has 3 rings (SSSR count). The lowest BCUT2D eigenvalue weighted by Crippen LogP contribution is -2.37. The number of halogens is 2. The summed E-state index contributed by atoms with van der Waals surface area (Å²) in [5.74, 6) is -0.382. The van der Waals surface area contributed by atoms with Crippen LogP contribution in [0.4, 0.5) is 13.6 Å². The van der Waals surface area contributed by atoms with Crippen molar-refractivity contribution in [3.8, 4) is 0 Å². The van der Waals surface area contributed by atoms with Gasteiger partial charge in [-0.2, -0.15) is 8.78 Å². The monoisotopic (exact) mass is 415 g/mol. The highest BCUT2D eigenvalue weighted by Crippen LogP contribution is 2.27. The Bertz CT molecular complexity index is 1070. The first-order valence-corrected chi connectivity index (χ1v) is 9.43. The molecular formula is C21H23F2N5O2. The largest absolute Gasteiger partial charge is 0.352 e. The highest BCUT2D eigenvalue weighted by Gasteiger charge is 2.25. The van der Waals surface area contributed by atoms with Crippen molar-refractivity contribution in [1.29, 1.82) is 0 Å². The summed E-state index contributed by atoms with van der Waals surface area (Å²) in [4.78, 5) is 28.4. The van der Waals surface area contributed by atoms with Gasteiger partial charge in [0, 0.05) is 0 Å². The van der Waals surface area contributed by atoms with Gasteiger partial charge in [0.1, 0.15) is 5.82 Å². The van der Waals surface area contributed by atoms with Crippen molar-refractivity contribution in [2.24, 2.45) is 5.73 Å². The number of carbonyl (C=O) groups excluding carboxylic acids is 2. The SMILES string of the molecule is Cc1ccccc1[C@@H](CC(=O)N[C@@H](C)c1nc2ccccc2n1C(F)F)NC(N)=O. The fourth-order valence-electron chi connectivity index (χ4n) is 3.51. The van der Waals surface area contributed by atoms with E-state index in [1.165, 1.54) is 0 Å². The Morgan fingerprint density at radius 3 is 2.43 bits per heavy atom. The summed E-state index contributed by atoms with van der Waals surface area (Å²) in [6.07, 6.45) is -0.104. The number of hydrogen-bond donors (Lipinski definition) is 3. The van der Waals surface area contributed by atoms with Crippen LogP contribution < -0.4 is 16.4 Å². The van der Waals surface area contributed by atoms with Crippen LogP contribution in [0.25, 0.3) is 11.0 Å². The first kappa shape index (κ1) is 21.2. The maximum Gasteiger partial charge on any atom is 0.320 e. The third-order valence-corrected chi connectivity index (χ3v) is 4.85. The van der Waals surface area contributed by atoms with Gasteiger partial charge in [-0.1, -0.05) is 36.4 Å². The van der Waals surface area contributed by atoms with Crippen LogP contribution in [-0.2, 0) is 4.79 Å². The number of aryl methyl sites for hydroxylation is 1. The Hall–Kier alpha value is -3.49. The van der Waals surface area contributed by atoms with Crippen molar-refractivity contribution in [3.05, 3.63) is 65.5 Å². The molecule has 4 N–H and O–H groups in total. The number of rotatable bonds is 7. The third kappa shape index (κ3) is 4.56. The van der Waals surface area contributed by atoms with E-state index in [1.807, 2.05) is 19.1 Å². The molecule has 0 radical (unpaired) electrons. The number of imidazole rings is 1. The van der Waals surface area contributed by atoms with Crippen LogP contribution in [0.1, 0.15) is 48.9 Å². The summed E-state index contributed by atoms with van der Waals surface area (Å²) in [7, 11) is 0. The third-order valence-electron chi connectivity index (χ3n) is 4.85. The first-order chi connectivity index (χ1) is 14.3. The number of urea groups is 1. The molecule has 30 heavy (non-hydrogen) atoms. The average Bonchev–Trinajstić information content (AvgIpc) is 3.07. The second-order valence-electron chi connectivity index (χ2n) is 7.02. The molecule has 7 nitrogen and oxygen atoms in total. The Morgan fingerprint density at radius 1 is 1.10 bits per heavy atom. The minimum atomic E-state index is -2.80. The van der Waals surface area contributed by atoms with E-state index in [-0.39, 0.29) is 17.8 Å². The molecule has 0 unspecified atom stereocenters. The first-order valence-electron chi connectivity index (χ1n) is 9.43. The molecule has 0 aliphatic carbocycles. The van der Waals surface area contributed by atoms with Gasteiger partial charge in [-0.15, -0.1) is 0 Å². The van der Waals surface area contributed by atoms with Gasteiger partial charge in [0.05, 0.1) is 29.5 Å². The number of benzene rings is 2. The van der Waals surface area contributed by atoms with Crippen molar-refractivity contribution in [3.63, 3.8) is 0 Å². The summed E-state index contributed by atoms with van der Waals surface area (Å²) in [6.45, 7) is 0.640. The molecule has 1 aromatic heterocycles. The van der Waals surface area contributed by atoms with Crippen LogP contribution in [0, 0.1) is 6.92 Å². The number of nitrogens with two attached hydrogens (primary N) is 1. The molecule has 1 heterocycles. The number of nitrogens with one attached hydrogen (secondary N) is 2. The maximum absolute atomic E-state index is 13.7. The van der Waals surface area contributed by atoms with Gasteiger partial charge in [-0.3, -0.25) is 9.36 Å². The fourth-order valence-corrected chi connectivity index (χ4v) is 3.51. The van der Waals surface area contributed by atoms with E-state index in [0.717, 1.165) is 15.7 Å². The number of para-hydroxylation sites is 2. The zero-order valence-corrected chi connectivity index (χ0v) is 16.6. The van der Waals surface area contributed by atoms with Crippen molar-refractivity contribution in [2.45, 2.75) is 38.9 Å². The molecule has 3 amide bonds. The fraction of sp³-hybridized carbons (Fsp3) is 0.286. The molecule has 0 aliphatic heterocycles. The zero-order valence-electron chi connectivity index (χ0n) is 16.6. The summed E-state index contributed by atoms with van der Waals surface area (Å²) < 4.78 is 28.1. The van der Waals surface area contributed by atoms with Crippen LogP contribution in [-0.4, -0.2) is 21.5 Å². The van der Waals surface area contributed by atoms with E-state index >= 15 is 0 Å². The molecule has 158 valence electrons. The Labute approximate surface area is 172 Å². The van der Waals surface area contributed by atoms with Crippen molar-refractivity contribution in [2.75, 3.05) is 0 Å². The Morgan fingerprint density at radius 2 is 1.77 bits per heavy atom. The normalized spacial score (nSPS) is 13.2. The minimum absolute atomic E-state index is 0.0508. The van der Waals surface area contributed by atoms with E-state index in [9.17, 15) is 18.4 Å². The van der Waals surface area contributed by atoms with Crippen LogP contribution in [0.2, 0.25) is 0 Å². The molecule has 0 aliphatic rings. The summed E-state index contributed by atoms with van der Waals surface area (Å²) in [5.41, 5.74) is 7.61. The lowest BCUT2D eigenvalue weighted by molar-refractivity contribution is -0.122. The number of primary amides is 1. The van der Waals surface area contributed by atoms with Crippen molar-refractivity contribution in [1.82, 2.24) is 20.2 Å². The van der Waals surface area contributed by atoms with Gasteiger partial charge < -0.3 is 16.4 Å². The number of carbonyl (C=O) groups is 2. The molecule has 9 heteroatoms. The molecular weight excluding hydrogens is 392 g/mol. The van der Waals surface area contributed by atoms with Crippen LogP contribution in [0.5, 0.6) is 0 Å². The van der Waals surface area contributed by atoms with Gasteiger partial charge in [-0.05, 0) is 37.1 Å². The number of aromatic nitrogens is 2. The van der Waals surface area contributed by atoms with E-state index in [0.29, 0.717) is 5.52 Å². The van der Waals surface area contributed by atoms with E-state index in [1.54, 1.807) is 43.3 Å². The summed E-state index contributed by atoms with van der Waals surface area (Å²) >= 11 is 0.